The molecule has 0 N–H and O–H groups in total. The molecule has 1 saturated heterocycles. The average molecular weight is 309 g/mol. The highest BCUT2D eigenvalue weighted by atomic mass is 79.9. The van der Waals surface area contributed by atoms with Gasteiger partial charge < -0.3 is 4.90 Å². The van der Waals surface area contributed by atoms with E-state index in [1.54, 1.807) is 0 Å². The first-order chi connectivity index (χ1) is 8.84. The maximum Gasteiger partial charge on any atom is 0.175 e. The second-order valence-electron chi connectivity index (χ2n) is 4.82. The lowest BCUT2D eigenvalue weighted by molar-refractivity contribution is 0.230. The fraction of sp³-hybridized carbons (Fsp3) is 0.538. The molecule has 18 heavy (non-hydrogen) atoms. The van der Waals surface area contributed by atoms with Crippen molar-refractivity contribution < 1.29 is 0 Å². The number of fused-ring (bicyclic) bond motifs is 1. The molecule has 0 atom stereocenters. The fourth-order valence-electron chi connectivity index (χ4n) is 2.54. The van der Waals surface area contributed by atoms with Crippen LogP contribution in [0, 0.1) is 0 Å². The Morgan fingerprint density at radius 1 is 1.17 bits per heavy atom. The van der Waals surface area contributed by atoms with Gasteiger partial charge in [0.05, 0.1) is 4.47 Å². The molecule has 3 rings (SSSR count). The van der Waals surface area contributed by atoms with Crippen LogP contribution in [0.25, 0.3) is 5.65 Å². The summed E-state index contributed by atoms with van der Waals surface area (Å²) in [5.41, 5.74) is 0.908. The minimum atomic E-state index is 0.908. The molecular weight excluding hydrogens is 292 g/mol. The van der Waals surface area contributed by atoms with E-state index >= 15 is 0 Å². The van der Waals surface area contributed by atoms with Crippen molar-refractivity contribution in [1.82, 2.24) is 19.5 Å². The van der Waals surface area contributed by atoms with Crippen molar-refractivity contribution in [1.29, 1.82) is 0 Å². The van der Waals surface area contributed by atoms with Gasteiger partial charge in [-0.2, -0.15) is 0 Å². The molecule has 0 aromatic carbocycles. The van der Waals surface area contributed by atoms with Gasteiger partial charge in [-0.3, -0.25) is 4.40 Å². The molecule has 1 aliphatic heterocycles. The summed E-state index contributed by atoms with van der Waals surface area (Å²) in [6, 6.07) is 4.02. The van der Waals surface area contributed by atoms with Gasteiger partial charge >= 0.3 is 0 Å². The second-order valence-corrected chi connectivity index (χ2v) is 5.67. The van der Waals surface area contributed by atoms with Crippen LogP contribution in [0.4, 0.5) is 0 Å². The number of halogens is 1. The summed E-state index contributed by atoms with van der Waals surface area (Å²) in [5.74, 6) is 1.05. The molecule has 1 fully saturated rings. The van der Waals surface area contributed by atoms with Crippen molar-refractivity contribution in [2.24, 2.45) is 0 Å². The van der Waals surface area contributed by atoms with Gasteiger partial charge in [0.2, 0.25) is 0 Å². The topological polar surface area (TPSA) is 33.4 Å². The number of hydrogen-bond acceptors (Lipinski definition) is 3. The minimum absolute atomic E-state index is 0.908. The lowest BCUT2D eigenvalue weighted by Crippen LogP contribution is -2.31. The van der Waals surface area contributed by atoms with Crippen LogP contribution in [0.5, 0.6) is 0 Å². The third-order valence-corrected chi connectivity index (χ3v) is 4.18. The standard InChI is InChI=1S/C13H17BrN4/c14-11-5-4-9-18-12(15-16-13(11)18)6-10-17-7-2-1-3-8-17/h4-5,9H,1-3,6-8,10H2. The van der Waals surface area contributed by atoms with Crippen molar-refractivity contribution in [3.63, 3.8) is 0 Å². The van der Waals surface area contributed by atoms with Crippen molar-refractivity contribution in [2.45, 2.75) is 25.7 Å². The second kappa shape index (κ2) is 5.36. The Bertz CT molecular complexity index is 531. The molecule has 0 bridgehead atoms. The van der Waals surface area contributed by atoms with Crippen LogP contribution in [-0.2, 0) is 6.42 Å². The summed E-state index contributed by atoms with van der Waals surface area (Å²) in [6.45, 7) is 3.56. The van der Waals surface area contributed by atoms with Crippen molar-refractivity contribution >= 4 is 21.6 Å². The summed E-state index contributed by atoms with van der Waals surface area (Å²) >= 11 is 3.50. The summed E-state index contributed by atoms with van der Waals surface area (Å²) in [6.07, 6.45) is 7.07. The van der Waals surface area contributed by atoms with Crippen LogP contribution in [0.3, 0.4) is 0 Å². The lowest BCUT2D eigenvalue weighted by atomic mass is 10.1. The Morgan fingerprint density at radius 2 is 2.00 bits per heavy atom. The van der Waals surface area contributed by atoms with Gasteiger partial charge in [0.15, 0.2) is 5.65 Å². The molecule has 3 heterocycles. The summed E-state index contributed by atoms with van der Waals surface area (Å²) in [7, 11) is 0. The number of pyridine rings is 1. The zero-order valence-corrected chi connectivity index (χ0v) is 11.9. The highest BCUT2D eigenvalue weighted by Gasteiger charge is 2.12. The number of aromatic nitrogens is 3. The molecule has 0 amide bonds. The van der Waals surface area contributed by atoms with E-state index in [-0.39, 0.29) is 0 Å². The van der Waals surface area contributed by atoms with Gasteiger partial charge in [0, 0.05) is 19.2 Å². The van der Waals surface area contributed by atoms with Crippen LogP contribution < -0.4 is 0 Å². The van der Waals surface area contributed by atoms with E-state index in [0.29, 0.717) is 0 Å². The van der Waals surface area contributed by atoms with E-state index in [1.807, 2.05) is 18.3 Å². The molecule has 0 saturated carbocycles. The number of nitrogens with zero attached hydrogens (tertiary/aromatic N) is 4. The normalized spacial score (nSPS) is 17.4. The summed E-state index contributed by atoms with van der Waals surface area (Å²) in [5, 5.41) is 8.53. The Hall–Kier alpha value is -0.940. The highest BCUT2D eigenvalue weighted by Crippen LogP contribution is 2.17. The van der Waals surface area contributed by atoms with E-state index < -0.39 is 0 Å². The molecule has 0 aliphatic carbocycles. The number of likely N-dealkylation sites (tertiary alicyclic amines) is 1. The zero-order valence-electron chi connectivity index (χ0n) is 10.3. The SMILES string of the molecule is Brc1cccn2c(CCN3CCCCC3)nnc12. The van der Waals surface area contributed by atoms with E-state index in [9.17, 15) is 0 Å². The maximum absolute atomic E-state index is 4.30. The van der Waals surface area contributed by atoms with Crippen LogP contribution in [-0.4, -0.2) is 39.1 Å². The number of hydrogen-bond donors (Lipinski definition) is 0. The molecule has 2 aromatic rings. The highest BCUT2D eigenvalue weighted by molar-refractivity contribution is 9.10. The number of rotatable bonds is 3. The van der Waals surface area contributed by atoms with E-state index in [2.05, 4.69) is 35.4 Å². The first-order valence-electron chi connectivity index (χ1n) is 6.55. The van der Waals surface area contributed by atoms with Crippen LogP contribution in [0.15, 0.2) is 22.8 Å². The van der Waals surface area contributed by atoms with Gasteiger partial charge in [0.25, 0.3) is 0 Å². The molecule has 0 unspecified atom stereocenters. The van der Waals surface area contributed by atoms with Gasteiger partial charge in [-0.1, -0.05) is 6.42 Å². The summed E-state index contributed by atoms with van der Waals surface area (Å²) in [4.78, 5) is 2.53. The molecule has 96 valence electrons. The third-order valence-electron chi connectivity index (χ3n) is 3.56. The molecule has 2 aromatic heterocycles. The first-order valence-corrected chi connectivity index (χ1v) is 7.34. The zero-order chi connectivity index (χ0) is 12.4. The maximum atomic E-state index is 4.30. The largest absolute Gasteiger partial charge is 0.303 e. The minimum Gasteiger partial charge on any atom is -0.303 e. The number of piperidine rings is 1. The quantitative estimate of drug-likeness (QED) is 0.873. The average Bonchev–Trinajstić information content (AvgIpc) is 2.82. The first kappa shape index (κ1) is 12.1. The van der Waals surface area contributed by atoms with Crippen LogP contribution in [0.1, 0.15) is 25.1 Å². The van der Waals surface area contributed by atoms with E-state index in [0.717, 1.165) is 28.9 Å². The Balaban J connectivity index is 1.72. The van der Waals surface area contributed by atoms with Crippen LogP contribution in [0.2, 0.25) is 0 Å². The van der Waals surface area contributed by atoms with Gasteiger partial charge in [-0.25, -0.2) is 0 Å². The summed E-state index contributed by atoms with van der Waals surface area (Å²) < 4.78 is 3.08. The predicted molar refractivity (Wildman–Crippen MR) is 74.7 cm³/mol. The molecule has 0 spiro atoms. The molecular formula is C13H17BrN4. The van der Waals surface area contributed by atoms with E-state index in [4.69, 9.17) is 0 Å². The monoisotopic (exact) mass is 308 g/mol. The lowest BCUT2D eigenvalue weighted by Gasteiger charge is -2.25. The molecule has 0 radical (unpaired) electrons. The van der Waals surface area contributed by atoms with Gasteiger partial charge in [-0.15, -0.1) is 10.2 Å². The van der Waals surface area contributed by atoms with Crippen molar-refractivity contribution in [2.75, 3.05) is 19.6 Å². The fourth-order valence-corrected chi connectivity index (χ4v) is 2.97. The van der Waals surface area contributed by atoms with Gasteiger partial charge in [-0.05, 0) is 54.0 Å². The Labute approximate surface area is 115 Å². The van der Waals surface area contributed by atoms with Crippen molar-refractivity contribution in [3.05, 3.63) is 28.6 Å². The molecule has 1 aliphatic rings. The molecule has 4 nitrogen and oxygen atoms in total. The smallest absolute Gasteiger partial charge is 0.175 e. The van der Waals surface area contributed by atoms with Gasteiger partial charge in [0.1, 0.15) is 5.82 Å². The Kier molecular flexibility index (Phi) is 3.61. The van der Waals surface area contributed by atoms with Crippen molar-refractivity contribution in [3.8, 4) is 0 Å². The molecule has 5 heteroatoms. The van der Waals surface area contributed by atoms with Crippen LogP contribution >= 0.6 is 15.9 Å². The predicted octanol–water partition coefficient (Wildman–Crippen LogP) is 2.52. The Morgan fingerprint density at radius 3 is 2.83 bits per heavy atom. The van der Waals surface area contributed by atoms with E-state index in [1.165, 1.54) is 32.4 Å². The third kappa shape index (κ3) is 2.42.